The number of hydrogen-bond acceptors (Lipinski definition) is 6. The molecule has 186 valence electrons. The van der Waals surface area contributed by atoms with Crippen molar-refractivity contribution >= 4 is 43.0 Å². The lowest BCUT2D eigenvalue weighted by Gasteiger charge is -2.28. The van der Waals surface area contributed by atoms with Crippen LogP contribution in [0.1, 0.15) is 12.5 Å². The molecule has 1 amide bonds. The molecule has 1 atom stereocenters. The van der Waals surface area contributed by atoms with Crippen molar-refractivity contribution in [1.29, 1.82) is 0 Å². The molecule has 0 radical (unpaired) electrons. The lowest BCUT2D eigenvalue weighted by molar-refractivity contribution is -0.116. The molecule has 0 saturated carbocycles. The normalized spacial score (nSPS) is 12.5. The first-order chi connectivity index (χ1) is 16.4. The first kappa shape index (κ1) is 26.0. The van der Waals surface area contributed by atoms with Crippen LogP contribution in [0.4, 0.5) is 17.1 Å². The van der Waals surface area contributed by atoms with Gasteiger partial charge in [-0.25, -0.2) is 16.8 Å². The molecule has 0 fully saturated rings. The van der Waals surface area contributed by atoms with E-state index in [0.29, 0.717) is 22.8 Å². The number of para-hydroxylation sites is 1. The number of sulfonamides is 2. The van der Waals surface area contributed by atoms with Gasteiger partial charge in [-0.05, 0) is 67.9 Å². The van der Waals surface area contributed by atoms with Gasteiger partial charge in [0.1, 0.15) is 11.8 Å². The monoisotopic (exact) mass is 517 g/mol. The van der Waals surface area contributed by atoms with Crippen LogP contribution in [0.5, 0.6) is 5.75 Å². The second-order valence-corrected chi connectivity index (χ2v) is 11.4. The molecule has 3 rings (SSSR count). The minimum atomic E-state index is -3.92. The van der Waals surface area contributed by atoms with Crippen molar-refractivity contribution < 1.29 is 26.4 Å². The Morgan fingerprint density at radius 1 is 0.943 bits per heavy atom. The molecule has 0 saturated heterocycles. The van der Waals surface area contributed by atoms with Crippen LogP contribution >= 0.6 is 0 Å². The van der Waals surface area contributed by atoms with Crippen LogP contribution in [-0.4, -0.2) is 42.2 Å². The molecule has 0 heterocycles. The summed E-state index contributed by atoms with van der Waals surface area (Å²) in [5.74, 6) is -0.191. The van der Waals surface area contributed by atoms with E-state index in [2.05, 4.69) is 10.0 Å². The van der Waals surface area contributed by atoms with Gasteiger partial charge in [-0.2, -0.15) is 0 Å². The molecule has 0 aliphatic carbocycles. The number of rotatable bonds is 9. The van der Waals surface area contributed by atoms with E-state index in [1.54, 1.807) is 48.5 Å². The average Bonchev–Trinajstić information content (AvgIpc) is 2.79. The second-order valence-electron chi connectivity index (χ2n) is 7.89. The molecular formula is C24H27N3O6S2. The maximum atomic E-state index is 12.9. The summed E-state index contributed by atoms with van der Waals surface area (Å²) in [5.41, 5.74) is 1.84. The van der Waals surface area contributed by atoms with Gasteiger partial charge >= 0.3 is 0 Å². The zero-order valence-corrected chi connectivity index (χ0v) is 21.4. The third-order valence-electron chi connectivity index (χ3n) is 5.13. The maximum absolute atomic E-state index is 12.9. The molecule has 3 aromatic carbocycles. The molecule has 0 aliphatic heterocycles. The van der Waals surface area contributed by atoms with E-state index >= 15 is 0 Å². The number of amides is 1. The van der Waals surface area contributed by atoms with Gasteiger partial charge < -0.3 is 10.1 Å². The van der Waals surface area contributed by atoms with Crippen LogP contribution in [-0.2, 0) is 24.8 Å². The van der Waals surface area contributed by atoms with E-state index in [-0.39, 0.29) is 4.90 Å². The van der Waals surface area contributed by atoms with Crippen LogP contribution in [0, 0.1) is 6.92 Å². The maximum Gasteiger partial charge on any atom is 0.262 e. The van der Waals surface area contributed by atoms with E-state index in [1.807, 2.05) is 6.92 Å². The van der Waals surface area contributed by atoms with Gasteiger partial charge in [0.05, 0.1) is 29.6 Å². The molecule has 0 unspecified atom stereocenters. The zero-order valence-electron chi connectivity index (χ0n) is 19.7. The molecule has 0 aromatic heterocycles. The van der Waals surface area contributed by atoms with Crippen molar-refractivity contribution in [2.24, 2.45) is 0 Å². The van der Waals surface area contributed by atoms with E-state index < -0.39 is 32.0 Å². The van der Waals surface area contributed by atoms with Gasteiger partial charge in [-0.1, -0.05) is 24.3 Å². The first-order valence-corrected chi connectivity index (χ1v) is 13.9. The summed E-state index contributed by atoms with van der Waals surface area (Å²) >= 11 is 0. The minimum absolute atomic E-state index is 0.0193. The Morgan fingerprint density at radius 2 is 1.57 bits per heavy atom. The van der Waals surface area contributed by atoms with Crippen molar-refractivity contribution in [1.82, 2.24) is 0 Å². The first-order valence-electron chi connectivity index (χ1n) is 10.6. The second kappa shape index (κ2) is 10.4. The highest BCUT2D eigenvalue weighted by Gasteiger charge is 2.29. The summed E-state index contributed by atoms with van der Waals surface area (Å²) in [6.45, 7) is 3.31. The Bertz CT molecular complexity index is 1410. The molecule has 11 heteroatoms. The summed E-state index contributed by atoms with van der Waals surface area (Å²) in [6.07, 6.45) is 1.03. The topological polar surface area (TPSA) is 122 Å². The fourth-order valence-electron chi connectivity index (χ4n) is 3.45. The van der Waals surface area contributed by atoms with Crippen molar-refractivity contribution in [3.63, 3.8) is 0 Å². The lowest BCUT2D eigenvalue weighted by atomic mass is 10.2. The summed E-state index contributed by atoms with van der Waals surface area (Å²) in [7, 11) is -6.22. The number of nitrogens with zero attached hydrogens (tertiary/aromatic N) is 1. The Labute approximate surface area is 205 Å². The van der Waals surface area contributed by atoms with Crippen LogP contribution in [0.3, 0.4) is 0 Å². The Hall–Kier alpha value is -3.57. The molecule has 0 bridgehead atoms. The number of ether oxygens (including phenoxy) is 1. The summed E-state index contributed by atoms with van der Waals surface area (Å²) in [6, 6.07) is 17.9. The van der Waals surface area contributed by atoms with Crippen LogP contribution < -0.4 is 19.1 Å². The molecule has 9 nitrogen and oxygen atoms in total. The zero-order chi connectivity index (χ0) is 25.8. The van der Waals surface area contributed by atoms with Crippen molar-refractivity contribution in [3.8, 4) is 5.75 Å². The van der Waals surface area contributed by atoms with E-state index in [9.17, 15) is 21.6 Å². The smallest absolute Gasteiger partial charge is 0.262 e. The molecule has 0 spiro atoms. The number of nitrogens with one attached hydrogen (secondary N) is 2. The number of benzene rings is 3. The molecule has 0 aliphatic rings. The van der Waals surface area contributed by atoms with E-state index in [0.717, 1.165) is 16.1 Å². The van der Waals surface area contributed by atoms with Gasteiger partial charge in [0.15, 0.2) is 0 Å². The highest BCUT2D eigenvalue weighted by Crippen LogP contribution is 2.28. The fourth-order valence-corrected chi connectivity index (χ4v) is 5.69. The Balaban J connectivity index is 1.77. The average molecular weight is 518 g/mol. The Morgan fingerprint density at radius 3 is 2.14 bits per heavy atom. The van der Waals surface area contributed by atoms with E-state index in [4.69, 9.17) is 4.74 Å². The Kier molecular flexibility index (Phi) is 7.71. The van der Waals surface area contributed by atoms with Gasteiger partial charge in [0.2, 0.25) is 15.9 Å². The third-order valence-corrected chi connectivity index (χ3v) is 7.75. The van der Waals surface area contributed by atoms with Crippen LogP contribution in [0.25, 0.3) is 0 Å². The van der Waals surface area contributed by atoms with Gasteiger partial charge in [-0.3, -0.25) is 13.8 Å². The summed E-state index contributed by atoms with van der Waals surface area (Å²) in [4.78, 5) is 12.8. The highest BCUT2D eigenvalue weighted by molar-refractivity contribution is 7.92. The number of anilines is 3. The largest absolute Gasteiger partial charge is 0.495 e. The third kappa shape index (κ3) is 6.31. The van der Waals surface area contributed by atoms with Crippen molar-refractivity contribution in [2.75, 3.05) is 27.7 Å². The SMILES string of the molecule is COc1ccc(C)cc1NS(=O)(=O)c1ccc(NC(=O)[C@@H](C)N(c2ccccc2)S(C)(=O)=O)cc1. The van der Waals surface area contributed by atoms with Crippen molar-refractivity contribution in [3.05, 3.63) is 78.4 Å². The number of aryl methyl sites for hydroxylation is 1. The molecule has 3 aromatic rings. The van der Waals surface area contributed by atoms with Crippen LogP contribution in [0.15, 0.2) is 77.7 Å². The standard InChI is InChI=1S/C24H27N3O6S2/c1-17-10-15-23(33-3)22(16-17)26-35(31,32)21-13-11-19(12-14-21)25-24(28)18(2)27(34(4,29)30)20-8-6-5-7-9-20/h5-16,18,26H,1-4H3,(H,25,28)/t18-/m1/s1. The number of methoxy groups -OCH3 is 1. The van der Waals surface area contributed by atoms with E-state index in [1.165, 1.54) is 38.3 Å². The number of carbonyl (C=O) groups excluding carboxylic acids is 1. The predicted molar refractivity (Wildman–Crippen MR) is 137 cm³/mol. The number of carbonyl (C=O) groups is 1. The summed E-state index contributed by atoms with van der Waals surface area (Å²) < 4.78 is 59.2. The van der Waals surface area contributed by atoms with Gasteiger partial charge in [0.25, 0.3) is 10.0 Å². The highest BCUT2D eigenvalue weighted by atomic mass is 32.2. The van der Waals surface area contributed by atoms with Gasteiger partial charge in [-0.15, -0.1) is 0 Å². The quantitative estimate of drug-likeness (QED) is 0.447. The molecule has 35 heavy (non-hydrogen) atoms. The summed E-state index contributed by atoms with van der Waals surface area (Å²) in [5, 5.41) is 2.64. The van der Waals surface area contributed by atoms with Crippen LogP contribution in [0.2, 0.25) is 0 Å². The molecular weight excluding hydrogens is 490 g/mol. The predicted octanol–water partition coefficient (Wildman–Crippen LogP) is 3.60. The lowest BCUT2D eigenvalue weighted by Crippen LogP contribution is -2.45. The minimum Gasteiger partial charge on any atom is -0.495 e. The fraction of sp³-hybridized carbons (Fsp3) is 0.208. The number of hydrogen-bond donors (Lipinski definition) is 2. The van der Waals surface area contributed by atoms with Crippen molar-refractivity contribution in [2.45, 2.75) is 24.8 Å². The van der Waals surface area contributed by atoms with Gasteiger partial charge in [0, 0.05) is 5.69 Å². The molecule has 2 N–H and O–H groups in total.